The number of amides is 1. The number of nitro groups is 1. The molecule has 1 N–H and O–H groups in total. The van der Waals surface area contributed by atoms with E-state index in [1.807, 2.05) is 0 Å². The summed E-state index contributed by atoms with van der Waals surface area (Å²) in [5, 5.41) is 13.3. The lowest BCUT2D eigenvalue weighted by Gasteiger charge is -2.06. The van der Waals surface area contributed by atoms with Crippen LogP contribution in [-0.2, 0) is 0 Å². The van der Waals surface area contributed by atoms with E-state index in [0.717, 1.165) is 0 Å². The number of dihydropyridines is 1. The average Bonchev–Trinajstić information content (AvgIpc) is 2.59. The number of nitrogens with one attached hydrogen (secondary N) is 1. The van der Waals surface area contributed by atoms with E-state index < -0.39 is 11.0 Å². The van der Waals surface area contributed by atoms with Crippen LogP contribution >= 0.6 is 0 Å². The number of benzene rings is 1. The van der Waals surface area contributed by atoms with Crippen LogP contribution in [0.25, 0.3) is 0 Å². The molecule has 1 aromatic rings. The fraction of sp³-hybridized carbons (Fsp3) is 0.267. The van der Waals surface area contributed by atoms with Gasteiger partial charge in [0.15, 0.2) is 0 Å². The van der Waals surface area contributed by atoms with Crippen molar-refractivity contribution in [3.63, 3.8) is 0 Å². The van der Waals surface area contributed by atoms with Gasteiger partial charge in [0.2, 0.25) is 0 Å². The second-order valence-corrected chi connectivity index (χ2v) is 4.64. The number of hydrogen-bond donors (Lipinski definition) is 1. The van der Waals surface area contributed by atoms with Gasteiger partial charge in [-0.3, -0.25) is 19.9 Å². The van der Waals surface area contributed by atoms with Gasteiger partial charge < -0.3 is 10.1 Å². The Morgan fingerprint density at radius 3 is 2.74 bits per heavy atom. The highest BCUT2D eigenvalue weighted by Crippen LogP contribution is 2.10. The fourth-order valence-electron chi connectivity index (χ4n) is 1.83. The molecule has 8 heteroatoms. The Balaban J connectivity index is 1.78. The summed E-state index contributed by atoms with van der Waals surface area (Å²) in [6.45, 7) is 0.679. The van der Waals surface area contributed by atoms with E-state index >= 15 is 0 Å². The molecule has 0 saturated carbocycles. The number of amidine groups is 1. The normalized spacial score (nSPS) is 18.0. The molecule has 0 aromatic heterocycles. The third-order valence-electron chi connectivity index (χ3n) is 3.07. The van der Waals surface area contributed by atoms with E-state index in [-0.39, 0.29) is 5.91 Å². The van der Waals surface area contributed by atoms with Crippen LogP contribution in [0, 0.1) is 10.1 Å². The lowest BCUT2D eigenvalue weighted by Crippen LogP contribution is -2.26. The van der Waals surface area contributed by atoms with Gasteiger partial charge in [0.25, 0.3) is 11.9 Å². The molecule has 8 nitrogen and oxygen atoms in total. The first-order chi connectivity index (χ1) is 11.1. The van der Waals surface area contributed by atoms with Gasteiger partial charge in [0.05, 0.1) is 19.9 Å². The number of aliphatic imine (C=N–C) groups is 2. The quantitative estimate of drug-likeness (QED) is 0.482. The number of carbonyl (C=O) groups excluding carboxylic acids is 1. The van der Waals surface area contributed by atoms with E-state index in [0.29, 0.717) is 30.2 Å². The number of methoxy groups -OCH3 is 1. The van der Waals surface area contributed by atoms with Crippen LogP contribution in [0.4, 0.5) is 0 Å². The van der Waals surface area contributed by atoms with Crippen LogP contribution in [0.3, 0.4) is 0 Å². The Morgan fingerprint density at radius 2 is 2.17 bits per heavy atom. The Morgan fingerprint density at radius 1 is 1.43 bits per heavy atom. The molecule has 0 aliphatic carbocycles. The molecule has 1 unspecified atom stereocenters. The maximum absolute atomic E-state index is 11.9. The minimum absolute atomic E-state index is 0.205. The van der Waals surface area contributed by atoms with Crippen LogP contribution in [0.5, 0.6) is 5.75 Å². The highest BCUT2D eigenvalue weighted by atomic mass is 16.6. The Labute approximate surface area is 132 Å². The molecule has 1 aliphatic rings. The van der Waals surface area contributed by atoms with Crippen molar-refractivity contribution in [2.45, 2.75) is 6.04 Å². The third-order valence-corrected chi connectivity index (χ3v) is 3.07. The van der Waals surface area contributed by atoms with Crippen molar-refractivity contribution in [3.8, 4) is 5.75 Å². The van der Waals surface area contributed by atoms with Crippen LogP contribution in [-0.4, -0.2) is 49.1 Å². The van der Waals surface area contributed by atoms with Crippen LogP contribution in [0.2, 0.25) is 0 Å². The van der Waals surface area contributed by atoms with E-state index in [4.69, 9.17) is 4.74 Å². The van der Waals surface area contributed by atoms with Gasteiger partial charge in [0.1, 0.15) is 11.6 Å². The summed E-state index contributed by atoms with van der Waals surface area (Å²) >= 11 is 0. The zero-order valence-electron chi connectivity index (χ0n) is 12.5. The van der Waals surface area contributed by atoms with Gasteiger partial charge in [-0.15, -0.1) is 0 Å². The maximum atomic E-state index is 11.9. The first kappa shape index (κ1) is 16.3. The molecule has 120 valence electrons. The first-order valence-corrected chi connectivity index (χ1v) is 6.93. The summed E-state index contributed by atoms with van der Waals surface area (Å²) in [4.78, 5) is 30.0. The Kier molecular flexibility index (Phi) is 5.56. The van der Waals surface area contributed by atoms with Gasteiger partial charge >= 0.3 is 0 Å². The molecule has 0 spiro atoms. The summed E-state index contributed by atoms with van der Waals surface area (Å²) < 4.78 is 5.03. The lowest BCUT2D eigenvalue weighted by atomic mass is 10.2. The smallest absolute Gasteiger partial charge is 0.266 e. The third kappa shape index (κ3) is 4.73. The highest BCUT2D eigenvalue weighted by molar-refractivity contribution is 6.01. The summed E-state index contributed by atoms with van der Waals surface area (Å²) in [5.74, 6) is 0.883. The van der Waals surface area contributed by atoms with Gasteiger partial charge in [-0.05, 0) is 36.4 Å². The van der Waals surface area contributed by atoms with E-state index in [1.54, 1.807) is 31.4 Å². The molecule has 1 heterocycles. The largest absolute Gasteiger partial charge is 0.497 e. The monoisotopic (exact) mass is 316 g/mol. The summed E-state index contributed by atoms with van der Waals surface area (Å²) in [6, 6.07) is 5.87. The van der Waals surface area contributed by atoms with E-state index in [1.165, 1.54) is 18.4 Å². The van der Waals surface area contributed by atoms with E-state index in [9.17, 15) is 14.9 Å². The van der Waals surface area contributed by atoms with E-state index in [2.05, 4.69) is 15.3 Å². The highest BCUT2D eigenvalue weighted by Gasteiger charge is 2.16. The minimum atomic E-state index is -0.899. The predicted molar refractivity (Wildman–Crippen MR) is 86.0 cm³/mol. The standard InChI is InChI=1S/C15H16N4O4/c1-23-13-5-2-11(3-6-13)15(20)17-9-8-16-14-7-4-12(10-18-14)19(21)22/h2-7,10,12H,8-9H2,1H3,(H,17,20). The molecule has 2 rings (SSSR count). The molecule has 0 fully saturated rings. The van der Waals surface area contributed by atoms with Crippen molar-refractivity contribution in [2.24, 2.45) is 9.98 Å². The van der Waals surface area contributed by atoms with Crippen molar-refractivity contribution < 1.29 is 14.5 Å². The predicted octanol–water partition coefficient (Wildman–Crippen LogP) is 1.11. The second kappa shape index (κ2) is 7.83. The maximum Gasteiger partial charge on any atom is 0.266 e. The number of nitrogens with zero attached hydrogens (tertiary/aromatic N) is 3. The fourth-order valence-corrected chi connectivity index (χ4v) is 1.83. The Bertz CT molecular complexity index is 649. The zero-order valence-corrected chi connectivity index (χ0v) is 12.5. The van der Waals surface area contributed by atoms with Crippen molar-refractivity contribution in [1.82, 2.24) is 5.32 Å². The van der Waals surface area contributed by atoms with Crippen molar-refractivity contribution in [3.05, 3.63) is 52.1 Å². The molecular formula is C15H16N4O4. The number of carbonyl (C=O) groups is 1. The molecule has 1 aliphatic heterocycles. The Hall–Kier alpha value is -3.03. The van der Waals surface area contributed by atoms with Crippen LogP contribution in [0.15, 0.2) is 46.4 Å². The molecular weight excluding hydrogens is 300 g/mol. The molecule has 23 heavy (non-hydrogen) atoms. The van der Waals surface area contributed by atoms with Crippen molar-refractivity contribution in [2.75, 3.05) is 20.2 Å². The van der Waals surface area contributed by atoms with Gasteiger partial charge in [0, 0.05) is 17.0 Å². The van der Waals surface area contributed by atoms with Crippen molar-refractivity contribution >= 4 is 18.0 Å². The van der Waals surface area contributed by atoms with Crippen LogP contribution < -0.4 is 10.1 Å². The zero-order chi connectivity index (χ0) is 16.7. The summed E-state index contributed by atoms with van der Waals surface area (Å²) in [5.41, 5.74) is 0.530. The minimum Gasteiger partial charge on any atom is -0.497 e. The average molecular weight is 316 g/mol. The molecule has 0 radical (unpaired) electrons. The summed E-state index contributed by atoms with van der Waals surface area (Å²) in [6.07, 6.45) is 4.15. The van der Waals surface area contributed by atoms with Gasteiger partial charge in [-0.2, -0.15) is 0 Å². The van der Waals surface area contributed by atoms with Gasteiger partial charge in [-0.1, -0.05) is 0 Å². The molecule has 0 saturated heterocycles. The summed E-state index contributed by atoms with van der Waals surface area (Å²) in [7, 11) is 1.56. The van der Waals surface area contributed by atoms with Crippen LogP contribution in [0.1, 0.15) is 10.4 Å². The second-order valence-electron chi connectivity index (χ2n) is 4.64. The molecule has 1 aromatic carbocycles. The molecule has 0 bridgehead atoms. The SMILES string of the molecule is COc1ccc(C(=O)NCCN=C2C=CC([N+](=O)[O-])C=N2)cc1. The molecule has 1 amide bonds. The number of rotatable bonds is 6. The number of hydrogen-bond acceptors (Lipinski definition) is 5. The van der Waals surface area contributed by atoms with Gasteiger partial charge in [-0.25, -0.2) is 4.99 Å². The van der Waals surface area contributed by atoms with Crippen molar-refractivity contribution in [1.29, 1.82) is 0 Å². The lowest BCUT2D eigenvalue weighted by molar-refractivity contribution is -0.489. The molecule has 1 atom stereocenters. The topological polar surface area (TPSA) is 106 Å². The number of ether oxygens (including phenoxy) is 1. The first-order valence-electron chi connectivity index (χ1n) is 6.93.